The van der Waals surface area contributed by atoms with E-state index in [9.17, 15) is 4.79 Å². The van der Waals surface area contributed by atoms with Crippen molar-refractivity contribution in [3.63, 3.8) is 0 Å². The Morgan fingerprint density at radius 3 is 2.10 bits per heavy atom. The highest BCUT2D eigenvalue weighted by Gasteiger charge is 2.43. The molecule has 0 aromatic carbocycles. The molecule has 2 unspecified atom stereocenters. The minimum Gasteiger partial charge on any atom is -0.337 e. The number of amides is 1. The minimum absolute atomic E-state index is 0.253. The molecular formula is C18H32N2O. The standard InChI is InChI=1S/C18H32N2O/c1-12(2)20(16-8-3-4-9-16)18(21)15-10-13-6-5-7-14(11-15)17(13)19/h12-17H,3-11,19H2,1-2H3. The molecule has 0 saturated heterocycles. The maximum atomic E-state index is 13.1. The van der Waals surface area contributed by atoms with Crippen LogP contribution in [0.5, 0.6) is 0 Å². The average Bonchev–Trinajstić information content (AvgIpc) is 2.91. The Balaban J connectivity index is 1.71. The Bertz CT molecular complexity index is 361. The van der Waals surface area contributed by atoms with Crippen molar-refractivity contribution in [3.05, 3.63) is 0 Å². The van der Waals surface area contributed by atoms with Gasteiger partial charge in [0, 0.05) is 24.0 Å². The summed E-state index contributed by atoms with van der Waals surface area (Å²) in [4.78, 5) is 15.4. The van der Waals surface area contributed by atoms with Crippen LogP contribution >= 0.6 is 0 Å². The quantitative estimate of drug-likeness (QED) is 0.867. The molecule has 0 aromatic rings. The molecule has 3 aliphatic rings. The van der Waals surface area contributed by atoms with Gasteiger partial charge in [0.25, 0.3) is 0 Å². The van der Waals surface area contributed by atoms with Gasteiger partial charge in [0.2, 0.25) is 5.91 Å². The van der Waals surface area contributed by atoms with Crippen LogP contribution in [0.2, 0.25) is 0 Å². The monoisotopic (exact) mass is 292 g/mol. The zero-order chi connectivity index (χ0) is 15.0. The maximum absolute atomic E-state index is 13.1. The van der Waals surface area contributed by atoms with Crippen LogP contribution < -0.4 is 5.73 Å². The molecule has 3 heteroatoms. The number of fused-ring (bicyclic) bond motifs is 2. The molecule has 3 saturated carbocycles. The molecule has 0 aliphatic heterocycles. The number of carbonyl (C=O) groups is 1. The van der Waals surface area contributed by atoms with Gasteiger partial charge in [0.05, 0.1) is 0 Å². The SMILES string of the molecule is CC(C)N(C(=O)C1CC2CCCC(C1)C2N)C1CCCC1. The first-order chi connectivity index (χ1) is 10.1. The molecule has 1 amide bonds. The van der Waals surface area contributed by atoms with Crippen molar-refractivity contribution in [2.45, 2.75) is 89.8 Å². The average molecular weight is 292 g/mol. The summed E-state index contributed by atoms with van der Waals surface area (Å²) in [6.45, 7) is 4.37. The number of nitrogens with zero attached hydrogens (tertiary/aromatic N) is 1. The van der Waals surface area contributed by atoms with Crippen LogP contribution in [0.4, 0.5) is 0 Å². The van der Waals surface area contributed by atoms with Crippen molar-refractivity contribution in [1.82, 2.24) is 4.90 Å². The number of nitrogens with two attached hydrogens (primary N) is 1. The molecule has 2 atom stereocenters. The van der Waals surface area contributed by atoms with E-state index in [0.717, 1.165) is 12.8 Å². The zero-order valence-corrected chi connectivity index (χ0v) is 13.8. The van der Waals surface area contributed by atoms with Crippen molar-refractivity contribution >= 4 is 5.91 Å². The third-order valence-corrected chi connectivity index (χ3v) is 6.29. The Morgan fingerprint density at radius 2 is 1.57 bits per heavy atom. The van der Waals surface area contributed by atoms with Crippen LogP contribution in [0.15, 0.2) is 0 Å². The summed E-state index contributed by atoms with van der Waals surface area (Å²) in [7, 11) is 0. The molecule has 3 fully saturated rings. The highest BCUT2D eigenvalue weighted by Crippen LogP contribution is 2.43. The third-order valence-electron chi connectivity index (χ3n) is 6.29. The lowest BCUT2D eigenvalue weighted by Crippen LogP contribution is -2.52. The molecule has 0 radical (unpaired) electrons. The van der Waals surface area contributed by atoms with E-state index in [1.165, 1.54) is 44.9 Å². The van der Waals surface area contributed by atoms with Crippen molar-refractivity contribution in [1.29, 1.82) is 0 Å². The molecule has 21 heavy (non-hydrogen) atoms. The lowest BCUT2D eigenvalue weighted by atomic mass is 9.64. The summed E-state index contributed by atoms with van der Waals surface area (Å²) in [5.41, 5.74) is 6.38. The molecule has 2 N–H and O–H groups in total. The van der Waals surface area contributed by atoms with Gasteiger partial charge in [0.15, 0.2) is 0 Å². The maximum Gasteiger partial charge on any atom is 0.226 e. The van der Waals surface area contributed by atoms with Crippen LogP contribution in [-0.4, -0.2) is 28.9 Å². The third kappa shape index (κ3) is 2.99. The van der Waals surface area contributed by atoms with E-state index in [1.807, 2.05) is 0 Å². The van der Waals surface area contributed by atoms with E-state index < -0.39 is 0 Å². The Kier molecular flexibility index (Phi) is 4.58. The molecule has 2 bridgehead atoms. The molecule has 3 aliphatic carbocycles. The number of rotatable bonds is 3. The normalized spacial score (nSPS) is 37.0. The fraction of sp³-hybridized carbons (Fsp3) is 0.944. The van der Waals surface area contributed by atoms with Gasteiger partial charge in [-0.25, -0.2) is 0 Å². The van der Waals surface area contributed by atoms with Crippen molar-refractivity contribution in [2.75, 3.05) is 0 Å². The Labute approximate surface area is 129 Å². The first-order valence-corrected chi connectivity index (χ1v) is 9.15. The largest absolute Gasteiger partial charge is 0.337 e. The lowest BCUT2D eigenvalue weighted by Gasteiger charge is -2.45. The van der Waals surface area contributed by atoms with E-state index in [4.69, 9.17) is 5.73 Å². The van der Waals surface area contributed by atoms with Gasteiger partial charge in [-0.1, -0.05) is 19.3 Å². The number of hydrogen-bond donors (Lipinski definition) is 1. The second kappa shape index (κ2) is 6.28. The highest BCUT2D eigenvalue weighted by molar-refractivity contribution is 5.79. The molecule has 3 nitrogen and oxygen atoms in total. The van der Waals surface area contributed by atoms with Crippen molar-refractivity contribution < 1.29 is 4.79 Å². The van der Waals surface area contributed by atoms with Crippen LogP contribution in [0, 0.1) is 17.8 Å². The summed E-state index contributed by atoms with van der Waals surface area (Å²) in [5.74, 6) is 1.90. The molecule has 0 heterocycles. The van der Waals surface area contributed by atoms with E-state index in [-0.39, 0.29) is 5.92 Å². The molecule has 120 valence electrons. The second-order valence-electron chi connectivity index (χ2n) is 7.97. The summed E-state index contributed by atoms with van der Waals surface area (Å²) in [5, 5.41) is 0. The van der Waals surface area contributed by atoms with E-state index >= 15 is 0 Å². The van der Waals surface area contributed by atoms with E-state index in [0.29, 0.717) is 35.9 Å². The Morgan fingerprint density at radius 1 is 1.00 bits per heavy atom. The predicted molar refractivity (Wildman–Crippen MR) is 85.8 cm³/mol. The second-order valence-corrected chi connectivity index (χ2v) is 7.97. The molecule has 3 rings (SSSR count). The van der Waals surface area contributed by atoms with Gasteiger partial charge in [-0.2, -0.15) is 0 Å². The van der Waals surface area contributed by atoms with Crippen LogP contribution in [-0.2, 0) is 4.79 Å². The lowest BCUT2D eigenvalue weighted by molar-refractivity contribution is -0.143. The zero-order valence-electron chi connectivity index (χ0n) is 13.8. The van der Waals surface area contributed by atoms with Gasteiger partial charge in [0.1, 0.15) is 0 Å². The highest BCUT2D eigenvalue weighted by atomic mass is 16.2. The summed E-state index contributed by atoms with van der Waals surface area (Å²) < 4.78 is 0. The van der Waals surface area contributed by atoms with Gasteiger partial charge in [-0.05, 0) is 64.2 Å². The van der Waals surface area contributed by atoms with Gasteiger partial charge < -0.3 is 10.6 Å². The molecule has 0 aromatic heterocycles. The van der Waals surface area contributed by atoms with Crippen molar-refractivity contribution in [3.8, 4) is 0 Å². The van der Waals surface area contributed by atoms with Gasteiger partial charge in [-0.15, -0.1) is 0 Å². The fourth-order valence-corrected chi connectivity index (χ4v) is 5.24. The van der Waals surface area contributed by atoms with E-state index in [1.54, 1.807) is 0 Å². The summed E-state index contributed by atoms with van der Waals surface area (Å²) in [6, 6.07) is 1.21. The van der Waals surface area contributed by atoms with Crippen molar-refractivity contribution in [2.24, 2.45) is 23.5 Å². The number of carbonyl (C=O) groups excluding carboxylic acids is 1. The molecular weight excluding hydrogens is 260 g/mol. The summed E-state index contributed by atoms with van der Waals surface area (Å²) >= 11 is 0. The topological polar surface area (TPSA) is 46.3 Å². The first-order valence-electron chi connectivity index (χ1n) is 9.15. The van der Waals surface area contributed by atoms with Crippen LogP contribution in [0.3, 0.4) is 0 Å². The van der Waals surface area contributed by atoms with E-state index in [2.05, 4.69) is 18.7 Å². The Hall–Kier alpha value is -0.570. The first kappa shape index (κ1) is 15.3. The smallest absolute Gasteiger partial charge is 0.226 e. The summed E-state index contributed by atoms with van der Waals surface area (Å²) in [6.07, 6.45) is 10.9. The van der Waals surface area contributed by atoms with Gasteiger partial charge >= 0.3 is 0 Å². The minimum atomic E-state index is 0.253. The van der Waals surface area contributed by atoms with Crippen LogP contribution in [0.1, 0.15) is 71.6 Å². The number of hydrogen-bond acceptors (Lipinski definition) is 2. The predicted octanol–water partition coefficient (Wildman–Crippen LogP) is 3.32. The van der Waals surface area contributed by atoms with Crippen LogP contribution in [0.25, 0.3) is 0 Å². The fourth-order valence-electron chi connectivity index (χ4n) is 5.24. The molecule has 0 spiro atoms. The van der Waals surface area contributed by atoms with Gasteiger partial charge in [-0.3, -0.25) is 4.79 Å².